The molecule has 4 nitrogen and oxygen atoms in total. The molecule has 0 aliphatic heterocycles. The lowest BCUT2D eigenvalue weighted by molar-refractivity contribution is 0.975. The summed E-state index contributed by atoms with van der Waals surface area (Å²) in [6.07, 6.45) is 0. The van der Waals surface area contributed by atoms with E-state index in [4.69, 9.17) is 23.2 Å². The third-order valence-corrected chi connectivity index (χ3v) is 3.52. The van der Waals surface area contributed by atoms with E-state index < -0.39 is 0 Å². The highest BCUT2D eigenvalue weighted by atomic mass is 35.5. The molecule has 0 unspecified atom stereocenters. The summed E-state index contributed by atoms with van der Waals surface area (Å²) in [7, 11) is 0. The first-order chi connectivity index (χ1) is 10.7. The van der Waals surface area contributed by atoms with E-state index in [1.165, 1.54) is 0 Å². The molecule has 106 valence electrons. The molecule has 0 saturated heterocycles. The molecule has 1 heterocycles. The summed E-state index contributed by atoms with van der Waals surface area (Å²) in [6.45, 7) is 0. The molecule has 3 aromatic rings. The maximum absolute atomic E-state index is 9.32. The second-order valence-corrected chi connectivity index (χ2v) is 5.33. The van der Waals surface area contributed by atoms with Gasteiger partial charge in [0.1, 0.15) is 11.8 Å². The van der Waals surface area contributed by atoms with Gasteiger partial charge in [-0.3, -0.25) is 0 Å². The van der Waals surface area contributed by atoms with Gasteiger partial charge < -0.3 is 0 Å². The van der Waals surface area contributed by atoms with Gasteiger partial charge in [0.15, 0.2) is 11.5 Å². The fourth-order valence-electron chi connectivity index (χ4n) is 1.93. The molecular weight excluding hydrogens is 319 g/mol. The normalized spacial score (nSPS) is 10.2. The van der Waals surface area contributed by atoms with Crippen LogP contribution < -0.4 is 0 Å². The fraction of sp³-hybridized carbons (Fsp3) is 0. The van der Waals surface area contributed by atoms with Crippen molar-refractivity contribution in [1.82, 2.24) is 15.2 Å². The largest absolute Gasteiger partial charge is 0.213 e. The van der Waals surface area contributed by atoms with Crippen molar-refractivity contribution >= 4 is 23.2 Å². The second kappa shape index (κ2) is 6.10. The topological polar surface area (TPSA) is 62.5 Å². The fourth-order valence-corrected chi connectivity index (χ4v) is 2.18. The highest BCUT2D eigenvalue weighted by molar-refractivity contribution is 6.30. The Balaban J connectivity index is 2.06. The zero-order valence-corrected chi connectivity index (χ0v) is 12.7. The molecule has 0 spiro atoms. The number of rotatable bonds is 2. The number of benzene rings is 2. The zero-order chi connectivity index (χ0) is 15.5. The van der Waals surface area contributed by atoms with Crippen molar-refractivity contribution in [2.24, 2.45) is 0 Å². The molecule has 0 N–H and O–H groups in total. The van der Waals surface area contributed by atoms with Crippen molar-refractivity contribution < 1.29 is 0 Å². The van der Waals surface area contributed by atoms with E-state index in [1.807, 2.05) is 0 Å². The van der Waals surface area contributed by atoms with Crippen LogP contribution in [0.4, 0.5) is 0 Å². The van der Waals surface area contributed by atoms with Crippen molar-refractivity contribution in [2.75, 3.05) is 0 Å². The number of halogens is 2. The lowest BCUT2D eigenvalue weighted by Crippen LogP contribution is -2.00. The van der Waals surface area contributed by atoms with Crippen LogP contribution in [-0.2, 0) is 0 Å². The van der Waals surface area contributed by atoms with E-state index in [1.54, 1.807) is 48.5 Å². The minimum absolute atomic E-state index is 0.210. The molecule has 0 radical (unpaired) electrons. The van der Waals surface area contributed by atoms with Gasteiger partial charge >= 0.3 is 0 Å². The maximum atomic E-state index is 9.32. The smallest absolute Gasteiger partial charge is 0.183 e. The van der Waals surface area contributed by atoms with E-state index in [0.29, 0.717) is 21.6 Å². The van der Waals surface area contributed by atoms with E-state index in [0.717, 1.165) is 11.1 Å². The summed E-state index contributed by atoms with van der Waals surface area (Å²) in [5.74, 6) is 0.380. The SMILES string of the molecule is N#Cc1nc(-c2ccc(Cl)cc2)nnc1-c1ccc(Cl)cc1. The van der Waals surface area contributed by atoms with Crippen LogP contribution in [-0.4, -0.2) is 15.2 Å². The van der Waals surface area contributed by atoms with Gasteiger partial charge in [0.25, 0.3) is 0 Å². The number of nitriles is 1. The predicted octanol–water partition coefficient (Wildman–Crippen LogP) is 4.38. The lowest BCUT2D eigenvalue weighted by atomic mass is 10.1. The average Bonchev–Trinajstić information content (AvgIpc) is 2.56. The Morgan fingerprint density at radius 1 is 0.773 bits per heavy atom. The molecule has 22 heavy (non-hydrogen) atoms. The van der Waals surface area contributed by atoms with Gasteiger partial charge in [0, 0.05) is 21.2 Å². The quantitative estimate of drug-likeness (QED) is 0.700. The Bertz CT molecular complexity index is 853. The van der Waals surface area contributed by atoms with Crippen LogP contribution in [0.5, 0.6) is 0 Å². The van der Waals surface area contributed by atoms with Gasteiger partial charge in [0.2, 0.25) is 0 Å². The summed E-state index contributed by atoms with van der Waals surface area (Å²) in [6, 6.07) is 16.1. The minimum Gasteiger partial charge on any atom is -0.213 e. The first kappa shape index (κ1) is 14.5. The molecule has 2 aromatic carbocycles. The number of hydrogen-bond acceptors (Lipinski definition) is 4. The molecular formula is C16H8Cl2N4. The summed E-state index contributed by atoms with van der Waals surface area (Å²) in [4.78, 5) is 4.28. The van der Waals surface area contributed by atoms with Gasteiger partial charge in [-0.1, -0.05) is 35.3 Å². The van der Waals surface area contributed by atoms with Crippen molar-refractivity contribution in [1.29, 1.82) is 5.26 Å². The van der Waals surface area contributed by atoms with E-state index in [9.17, 15) is 5.26 Å². The molecule has 0 bridgehead atoms. The number of hydrogen-bond donors (Lipinski definition) is 0. The Morgan fingerprint density at radius 3 is 1.86 bits per heavy atom. The second-order valence-electron chi connectivity index (χ2n) is 4.46. The molecule has 0 amide bonds. The third kappa shape index (κ3) is 2.91. The summed E-state index contributed by atoms with van der Waals surface area (Å²) in [5, 5.41) is 18.8. The first-order valence-electron chi connectivity index (χ1n) is 6.34. The number of aromatic nitrogens is 3. The van der Waals surface area contributed by atoms with Crippen LogP contribution in [0.25, 0.3) is 22.6 Å². The van der Waals surface area contributed by atoms with Crippen LogP contribution in [0, 0.1) is 11.3 Å². The minimum atomic E-state index is 0.210. The Hall–Kier alpha value is -2.48. The predicted molar refractivity (Wildman–Crippen MR) is 85.4 cm³/mol. The van der Waals surface area contributed by atoms with Crippen molar-refractivity contribution in [3.05, 3.63) is 64.3 Å². The van der Waals surface area contributed by atoms with Crippen LogP contribution in [0.2, 0.25) is 10.0 Å². The third-order valence-electron chi connectivity index (χ3n) is 3.01. The molecule has 1 aromatic heterocycles. The molecule has 0 saturated carbocycles. The van der Waals surface area contributed by atoms with E-state index in [2.05, 4.69) is 21.3 Å². The van der Waals surface area contributed by atoms with E-state index >= 15 is 0 Å². The maximum Gasteiger partial charge on any atom is 0.183 e. The molecule has 6 heteroatoms. The summed E-state index contributed by atoms with van der Waals surface area (Å²) >= 11 is 11.7. The van der Waals surface area contributed by atoms with Crippen molar-refractivity contribution in [3.8, 4) is 28.7 Å². The van der Waals surface area contributed by atoms with Gasteiger partial charge in [-0.05, 0) is 36.4 Å². The van der Waals surface area contributed by atoms with Gasteiger partial charge in [0.05, 0.1) is 0 Å². The molecule has 0 aliphatic rings. The van der Waals surface area contributed by atoms with Crippen molar-refractivity contribution in [3.63, 3.8) is 0 Å². The standard InChI is InChI=1S/C16H8Cl2N4/c17-12-5-1-10(2-6-12)15-14(9-19)20-16(22-21-15)11-3-7-13(18)8-4-11/h1-8H. The average molecular weight is 327 g/mol. The molecule has 3 rings (SSSR count). The monoisotopic (exact) mass is 326 g/mol. The van der Waals surface area contributed by atoms with Crippen LogP contribution in [0.15, 0.2) is 48.5 Å². The molecule has 0 atom stereocenters. The lowest BCUT2D eigenvalue weighted by Gasteiger charge is -2.05. The Labute approximate surface area is 137 Å². The summed E-state index contributed by atoms with van der Waals surface area (Å²) < 4.78 is 0. The molecule has 0 fully saturated rings. The Morgan fingerprint density at radius 2 is 1.32 bits per heavy atom. The van der Waals surface area contributed by atoms with E-state index in [-0.39, 0.29) is 5.69 Å². The van der Waals surface area contributed by atoms with Crippen molar-refractivity contribution in [2.45, 2.75) is 0 Å². The summed E-state index contributed by atoms with van der Waals surface area (Å²) in [5.41, 5.74) is 2.12. The first-order valence-corrected chi connectivity index (χ1v) is 7.09. The van der Waals surface area contributed by atoms with Crippen LogP contribution >= 0.6 is 23.2 Å². The zero-order valence-electron chi connectivity index (χ0n) is 11.2. The Kier molecular flexibility index (Phi) is 4.01. The van der Waals surface area contributed by atoms with Crippen LogP contribution in [0.1, 0.15) is 5.69 Å². The van der Waals surface area contributed by atoms with Gasteiger partial charge in [-0.2, -0.15) is 5.26 Å². The number of nitrogens with zero attached hydrogens (tertiary/aromatic N) is 4. The highest BCUT2D eigenvalue weighted by Crippen LogP contribution is 2.24. The van der Waals surface area contributed by atoms with Crippen LogP contribution in [0.3, 0.4) is 0 Å². The highest BCUT2D eigenvalue weighted by Gasteiger charge is 2.12. The molecule has 0 aliphatic carbocycles. The van der Waals surface area contributed by atoms with Gasteiger partial charge in [-0.25, -0.2) is 4.98 Å². The van der Waals surface area contributed by atoms with Gasteiger partial charge in [-0.15, -0.1) is 10.2 Å².